The number of hydrogen-bond acceptors (Lipinski definition) is 5. The van der Waals surface area contributed by atoms with E-state index in [1.165, 1.54) is 12.1 Å². The standard InChI is InChI=1S/C18H17N4O4/c1-10-3-5-12(6-4-10)11(2)19-9-13-7-14(22(25)26)8-15-16(13)21-18(24)17(23)20-15/h3-8,11,19H,2,9H2,1H3,(H,20,23)(H,21,24). The molecule has 1 atom stereocenters. The molecule has 0 aliphatic heterocycles. The Morgan fingerprint density at radius 2 is 1.81 bits per heavy atom. The Morgan fingerprint density at radius 3 is 2.46 bits per heavy atom. The average Bonchev–Trinajstić information content (AvgIpc) is 2.61. The molecule has 0 saturated carbocycles. The fraction of sp³-hybridized carbons (Fsp3) is 0.167. The lowest BCUT2D eigenvalue weighted by molar-refractivity contribution is -0.384. The Balaban J connectivity index is 1.96. The van der Waals surface area contributed by atoms with E-state index in [9.17, 15) is 19.7 Å². The van der Waals surface area contributed by atoms with Crippen LogP contribution in [0.5, 0.6) is 0 Å². The fourth-order valence-electron chi connectivity index (χ4n) is 2.68. The molecule has 0 saturated heterocycles. The highest BCUT2D eigenvalue weighted by molar-refractivity contribution is 5.80. The number of H-pyrrole nitrogens is 2. The summed E-state index contributed by atoms with van der Waals surface area (Å²) >= 11 is 0. The Kier molecular flexibility index (Phi) is 4.68. The second-order valence-corrected chi connectivity index (χ2v) is 6.04. The van der Waals surface area contributed by atoms with Crippen molar-refractivity contribution in [1.82, 2.24) is 15.3 Å². The third-order valence-electron chi connectivity index (χ3n) is 4.13. The topological polar surface area (TPSA) is 121 Å². The normalized spacial score (nSPS) is 12.2. The van der Waals surface area contributed by atoms with Crippen LogP contribution in [0, 0.1) is 24.0 Å². The van der Waals surface area contributed by atoms with Crippen molar-refractivity contribution >= 4 is 16.7 Å². The van der Waals surface area contributed by atoms with Crippen LogP contribution in [0.25, 0.3) is 11.0 Å². The van der Waals surface area contributed by atoms with Crippen LogP contribution in [-0.4, -0.2) is 14.9 Å². The molecule has 0 fully saturated rings. The maximum absolute atomic E-state index is 11.6. The van der Waals surface area contributed by atoms with Crippen LogP contribution < -0.4 is 16.4 Å². The predicted molar refractivity (Wildman–Crippen MR) is 98.0 cm³/mol. The van der Waals surface area contributed by atoms with Crippen molar-refractivity contribution < 1.29 is 4.92 Å². The van der Waals surface area contributed by atoms with Crippen molar-refractivity contribution in [3.63, 3.8) is 0 Å². The molecule has 8 nitrogen and oxygen atoms in total. The van der Waals surface area contributed by atoms with E-state index >= 15 is 0 Å². The molecule has 0 spiro atoms. The van der Waals surface area contributed by atoms with Crippen molar-refractivity contribution in [3.05, 3.63) is 90.8 Å². The molecule has 3 N–H and O–H groups in total. The quantitative estimate of drug-likeness (QED) is 0.368. The highest BCUT2D eigenvalue weighted by Gasteiger charge is 2.15. The minimum Gasteiger partial charge on any atom is -0.316 e. The number of hydrogen-bond donors (Lipinski definition) is 3. The van der Waals surface area contributed by atoms with Crippen LogP contribution in [0.15, 0.2) is 46.0 Å². The molecule has 8 heteroatoms. The maximum atomic E-state index is 11.6. The van der Waals surface area contributed by atoms with E-state index in [2.05, 4.69) is 22.2 Å². The largest absolute Gasteiger partial charge is 0.316 e. The minimum atomic E-state index is -0.855. The lowest BCUT2D eigenvalue weighted by Crippen LogP contribution is -2.29. The van der Waals surface area contributed by atoms with Gasteiger partial charge in [0.2, 0.25) is 0 Å². The molecule has 1 heterocycles. The monoisotopic (exact) mass is 353 g/mol. The van der Waals surface area contributed by atoms with E-state index in [0.29, 0.717) is 11.1 Å². The fourth-order valence-corrected chi connectivity index (χ4v) is 2.68. The van der Waals surface area contributed by atoms with Crippen LogP contribution in [0.3, 0.4) is 0 Å². The number of nitrogens with zero attached hydrogens (tertiary/aromatic N) is 1. The Morgan fingerprint density at radius 1 is 1.15 bits per heavy atom. The summed E-state index contributed by atoms with van der Waals surface area (Å²) in [6.07, 6.45) is 0. The number of nitro benzene ring substituents is 1. The Hall–Kier alpha value is -3.26. The lowest BCUT2D eigenvalue weighted by atomic mass is 10.1. The van der Waals surface area contributed by atoms with Gasteiger partial charge in [0.25, 0.3) is 5.69 Å². The molecule has 3 aromatic rings. The summed E-state index contributed by atoms with van der Waals surface area (Å²) in [6.45, 7) is 6.26. The summed E-state index contributed by atoms with van der Waals surface area (Å²) in [5.74, 6) is 0. The van der Waals surface area contributed by atoms with Crippen molar-refractivity contribution in [1.29, 1.82) is 0 Å². The van der Waals surface area contributed by atoms with Gasteiger partial charge in [0, 0.05) is 24.7 Å². The number of nitrogens with one attached hydrogen (secondary N) is 3. The van der Waals surface area contributed by atoms with Crippen molar-refractivity contribution in [2.24, 2.45) is 0 Å². The van der Waals surface area contributed by atoms with Crippen molar-refractivity contribution in [2.75, 3.05) is 0 Å². The molecule has 2 aromatic carbocycles. The summed E-state index contributed by atoms with van der Waals surface area (Å²) in [7, 11) is 0. The van der Waals surface area contributed by atoms with Crippen molar-refractivity contribution in [2.45, 2.75) is 19.5 Å². The number of rotatable bonds is 5. The number of aromatic nitrogens is 2. The summed E-state index contributed by atoms with van der Waals surface area (Å²) in [5, 5.41) is 14.3. The van der Waals surface area contributed by atoms with Crippen LogP contribution in [-0.2, 0) is 6.54 Å². The summed E-state index contributed by atoms with van der Waals surface area (Å²) < 4.78 is 0. The number of aryl methyl sites for hydroxylation is 1. The summed E-state index contributed by atoms with van der Waals surface area (Å²) in [6, 6.07) is 10.2. The Bertz CT molecular complexity index is 1080. The van der Waals surface area contributed by atoms with E-state index in [-0.39, 0.29) is 23.8 Å². The molecule has 0 amide bonds. The summed E-state index contributed by atoms with van der Waals surface area (Å²) in [4.78, 5) is 38.6. The third kappa shape index (κ3) is 3.55. The molecule has 133 valence electrons. The van der Waals surface area contributed by atoms with Gasteiger partial charge in [0.15, 0.2) is 0 Å². The molecule has 1 unspecified atom stereocenters. The van der Waals surface area contributed by atoms with E-state index in [4.69, 9.17) is 0 Å². The molecule has 26 heavy (non-hydrogen) atoms. The highest BCUT2D eigenvalue weighted by atomic mass is 16.6. The first kappa shape index (κ1) is 17.6. The SMILES string of the molecule is [CH2]C(NCc1cc([N+](=O)[O-])cc2[nH]c(=O)c(=O)[nH]c12)c1ccc(C)cc1. The van der Waals surface area contributed by atoms with Gasteiger partial charge in [-0.2, -0.15) is 0 Å². The first-order valence-electron chi connectivity index (χ1n) is 7.92. The molecule has 0 aliphatic rings. The Labute approximate surface area is 148 Å². The van der Waals surface area contributed by atoms with Gasteiger partial charge >= 0.3 is 11.1 Å². The van der Waals surface area contributed by atoms with Gasteiger partial charge in [-0.25, -0.2) is 0 Å². The van der Waals surface area contributed by atoms with Crippen LogP contribution in [0.1, 0.15) is 22.7 Å². The predicted octanol–water partition coefficient (Wildman–Crippen LogP) is 2.10. The van der Waals surface area contributed by atoms with E-state index in [1.807, 2.05) is 31.2 Å². The van der Waals surface area contributed by atoms with Gasteiger partial charge in [-0.1, -0.05) is 29.8 Å². The van der Waals surface area contributed by atoms with E-state index < -0.39 is 16.0 Å². The molecule has 0 aliphatic carbocycles. The van der Waals surface area contributed by atoms with Crippen LogP contribution >= 0.6 is 0 Å². The first-order chi connectivity index (χ1) is 12.3. The maximum Gasteiger partial charge on any atom is 0.314 e. The molecule has 1 aromatic heterocycles. The number of benzene rings is 2. The second-order valence-electron chi connectivity index (χ2n) is 6.04. The zero-order valence-electron chi connectivity index (χ0n) is 14.0. The summed E-state index contributed by atoms with van der Waals surface area (Å²) in [5.41, 5.74) is 1.31. The number of non-ortho nitro benzene ring substituents is 1. The van der Waals surface area contributed by atoms with E-state index in [0.717, 1.165) is 11.1 Å². The molecule has 0 bridgehead atoms. The zero-order chi connectivity index (χ0) is 18.8. The smallest absolute Gasteiger partial charge is 0.314 e. The van der Waals surface area contributed by atoms with E-state index in [1.54, 1.807) is 0 Å². The van der Waals surface area contributed by atoms with Gasteiger partial charge in [0.1, 0.15) is 0 Å². The first-order valence-corrected chi connectivity index (χ1v) is 7.92. The molecule has 1 radical (unpaired) electrons. The minimum absolute atomic E-state index is 0.173. The van der Waals surface area contributed by atoms with Crippen LogP contribution in [0.4, 0.5) is 5.69 Å². The molecular formula is C18H17N4O4. The van der Waals surface area contributed by atoms with Gasteiger partial charge < -0.3 is 15.3 Å². The zero-order valence-corrected chi connectivity index (χ0v) is 14.0. The van der Waals surface area contributed by atoms with Gasteiger partial charge in [-0.15, -0.1) is 0 Å². The number of fused-ring (bicyclic) bond motifs is 1. The molecular weight excluding hydrogens is 336 g/mol. The van der Waals surface area contributed by atoms with Gasteiger partial charge in [-0.3, -0.25) is 19.7 Å². The second kappa shape index (κ2) is 6.93. The molecule has 3 rings (SSSR count). The van der Waals surface area contributed by atoms with Gasteiger partial charge in [0.05, 0.1) is 16.0 Å². The number of aromatic amines is 2. The lowest BCUT2D eigenvalue weighted by Gasteiger charge is -2.15. The third-order valence-corrected chi connectivity index (χ3v) is 4.13. The highest BCUT2D eigenvalue weighted by Crippen LogP contribution is 2.22. The van der Waals surface area contributed by atoms with Gasteiger partial charge in [-0.05, 0) is 25.0 Å². The average molecular weight is 353 g/mol. The number of nitro groups is 1. The van der Waals surface area contributed by atoms with Crippen LogP contribution in [0.2, 0.25) is 0 Å². The van der Waals surface area contributed by atoms with Crippen molar-refractivity contribution in [3.8, 4) is 0 Å².